The number of likely N-dealkylation sites (tertiary alicyclic amines) is 1. The molecule has 28 heavy (non-hydrogen) atoms. The number of carbonyl (C=O) groups is 1. The maximum Gasteiger partial charge on any atom is 0.222 e. The molecule has 4 rings (SSSR count). The zero-order chi connectivity index (χ0) is 19.5. The minimum atomic E-state index is -0.950. The van der Waals surface area contributed by atoms with Crippen molar-refractivity contribution in [2.45, 2.75) is 32.4 Å². The third-order valence-corrected chi connectivity index (χ3v) is 5.71. The lowest BCUT2D eigenvalue weighted by atomic mass is 9.88. The minimum Gasteiger partial charge on any atom is -0.340 e. The molecule has 2 atom stereocenters. The molecule has 0 bridgehead atoms. The van der Waals surface area contributed by atoms with E-state index in [9.17, 15) is 9.18 Å². The summed E-state index contributed by atoms with van der Waals surface area (Å²) in [5.74, 6) is 0.0311. The molecule has 4 heteroatoms. The summed E-state index contributed by atoms with van der Waals surface area (Å²) < 4.78 is 14.6. The SMILES string of the molecule is CCC(=O)N1CC[C@@H](Cc2ccc(-c3cnc4ccccc4c3)cc2)C(F)C1. The summed E-state index contributed by atoms with van der Waals surface area (Å²) in [7, 11) is 0. The molecule has 0 saturated carbocycles. The monoisotopic (exact) mass is 376 g/mol. The van der Waals surface area contributed by atoms with Crippen LogP contribution in [0.5, 0.6) is 0 Å². The summed E-state index contributed by atoms with van der Waals surface area (Å²) >= 11 is 0. The number of amides is 1. The number of halogens is 1. The van der Waals surface area contributed by atoms with Crippen LogP contribution in [-0.2, 0) is 11.2 Å². The predicted octanol–water partition coefficient (Wildman–Crippen LogP) is 5.04. The maximum atomic E-state index is 14.6. The highest BCUT2D eigenvalue weighted by molar-refractivity contribution is 5.83. The van der Waals surface area contributed by atoms with Crippen molar-refractivity contribution in [3.8, 4) is 11.1 Å². The largest absolute Gasteiger partial charge is 0.340 e. The highest BCUT2D eigenvalue weighted by atomic mass is 19.1. The Balaban J connectivity index is 1.44. The fourth-order valence-electron chi connectivity index (χ4n) is 4.00. The van der Waals surface area contributed by atoms with Gasteiger partial charge in [0, 0.05) is 30.1 Å². The molecule has 144 valence electrons. The van der Waals surface area contributed by atoms with Gasteiger partial charge in [-0.15, -0.1) is 0 Å². The second-order valence-corrected chi connectivity index (χ2v) is 7.58. The van der Waals surface area contributed by atoms with Crippen LogP contribution >= 0.6 is 0 Å². The molecular formula is C24H25FN2O. The second-order valence-electron chi connectivity index (χ2n) is 7.58. The average Bonchev–Trinajstić information content (AvgIpc) is 2.74. The molecule has 2 aromatic carbocycles. The summed E-state index contributed by atoms with van der Waals surface area (Å²) in [5.41, 5.74) is 4.33. The van der Waals surface area contributed by atoms with Gasteiger partial charge in [0.1, 0.15) is 6.17 Å². The molecule has 0 spiro atoms. The number of para-hydroxylation sites is 1. The lowest BCUT2D eigenvalue weighted by Gasteiger charge is -2.34. The topological polar surface area (TPSA) is 33.2 Å². The molecule has 1 aromatic heterocycles. The molecule has 1 saturated heterocycles. The maximum absolute atomic E-state index is 14.6. The quantitative estimate of drug-likeness (QED) is 0.639. The van der Waals surface area contributed by atoms with Gasteiger partial charge < -0.3 is 4.90 Å². The Hall–Kier alpha value is -2.75. The van der Waals surface area contributed by atoms with Gasteiger partial charge >= 0.3 is 0 Å². The third kappa shape index (κ3) is 3.91. The van der Waals surface area contributed by atoms with E-state index in [4.69, 9.17) is 0 Å². The molecule has 1 aliphatic heterocycles. The molecular weight excluding hydrogens is 351 g/mol. The molecule has 1 fully saturated rings. The van der Waals surface area contributed by atoms with Crippen LogP contribution in [0.25, 0.3) is 22.0 Å². The molecule has 0 aliphatic carbocycles. The first-order valence-corrected chi connectivity index (χ1v) is 10.00. The molecule has 3 aromatic rings. The fourth-order valence-corrected chi connectivity index (χ4v) is 4.00. The van der Waals surface area contributed by atoms with E-state index in [1.807, 2.05) is 31.3 Å². The molecule has 2 heterocycles. The van der Waals surface area contributed by atoms with E-state index >= 15 is 0 Å². The Morgan fingerprint density at radius 3 is 2.68 bits per heavy atom. The van der Waals surface area contributed by atoms with E-state index in [0.29, 0.717) is 19.4 Å². The van der Waals surface area contributed by atoms with Gasteiger partial charge in [0.2, 0.25) is 5.91 Å². The van der Waals surface area contributed by atoms with Crippen molar-refractivity contribution in [1.29, 1.82) is 0 Å². The molecule has 1 unspecified atom stereocenters. The van der Waals surface area contributed by atoms with Crippen LogP contribution in [0.2, 0.25) is 0 Å². The van der Waals surface area contributed by atoms with Gasteiger partial charge in [0.05, 0.1) is 12.1 Å². The fraction of sp³-hybridized carbons (Fsp3) is 0.333. The van der Waals surface area contributed by atoms with Crippen LogP contribution in [0, 0.1) is 5.92 Å². The van der Waals surface area contributed by atoms with Crippen LogP contribution in [0.3, 0.4) is 0 Å². The zero-order valence-corrected chi connectivity index (χ0v) is 16.1. The van der Waals surface area contributed by atoms with E-state index in [1.165, 1.54) is 0 Å². The lowest BCUT2D eigenvalue weighted by molar-refractivity contribution is -0.133. The Morgan fingerprint density at radius 1 is 1.14 bits per heavy atom. The zero-order valence-electron chi connectivity index (χ0n) is 16.1. The van der Waals surface area contributed by atoms with E-state index in [1.54, 1.807) is 4.90 Å². The summed E-state index contributed by atoms with van der Waals surface area (Å²) in [5, 5.41) is 1.12. The number of rotatable bonds is 4. The Kier molecular flexibility index (Phi) is 5.38. The molecule has 1 aliphatic rings. The first-order chi connectivity index (χ1) is 13.6. The van der Waals surface area contributed by atoms with E-state index in [0.717, 1.165) is 34.0 Å². The van der Waals surface area contributed by atoms with Gasteiger partial charge in [-0.1, -0.05) is 49.4 Å². The van der Waals surface area contributed by atoms with Crippen molar-refractivity contribution < 1.29 is 9.18 Å². The minimum absolute atomic E-state index is 0.0194. The number of fused-ring (bicyclic) bond motifs is 1. The van der Waals surface area contributed by atoms with E-state index in [-0.39, 0.29) is 18.4 Å². The van der Waals surface area contributed by atoms with Gasteiger partial charge in [0.15, 0.2) is 0 Å². The highest BCUT2D eigenvalue weighted by Gasteiger charge is 2.30. The van der Waals surface area contributed by atoms with Crippen LogP contribution < -0.4 is 0 Å². The Bertz CT molecular complexity index is 970. The number of nitrogens with zero attached hydrogens (tertiary/aromatic N) is 2. The van der Waals surface area contributed by atoms with E-state index < -0.39 is 6.17 Å². The number of aromatic nitrogens is 1. The van der Waals surface area contributed by atoms with Gasteiger partial charge in [-0.3, -0.25) is 9.78 Å². The molecule has 3 nitrogen and oxygen atoms in total. The number of alkyl halides is 1. The van der Waals surface area contributed by atoms with Gasteiger partial charge in [0.25, 0.3) is 0 Å². The number of pyridine rings is 1. The average molecular weight is 376 g/mol. The Labute approximate surface area is 165 Å². The van der Waals surface area contributed by atoms with Crippen LogP contribution in [0.1, 0.15) is 25.3 Å². The van der Waals surface area contributed by atoms with Crippen molar-refractivity contribution in [1.82, 2.24) is 9.88 Å². The van der Waals surface area contributed by atoms with Crippen LogP contribution in [-0.4, -0.2) is 35.1 Å². The van der Waals surface area contributed by atoms with E-state index in [2.05, 4.69) is 41.4 Å². The third-order valence-electron chi connectivity index (χ3n) is 5.71. The number of hydrogen-bond donors (Lipinski definition) is 0. The predicted molar refractivity (Wildman–Crippen MR) is 111 cm³/mol. The van der Waals surface area contributed by atoms with Crippen LogP contribution in [0.15, 0.2) is 60.8 Å². The standard InChI is InChI=1S/C24H25FN2O/c1-2-24(28)27-12-11-19(22(25)16-27)13-17-7-9-18(10-8-17)21-14-20-5-3-4-6-23(20)26-15-21/h3-10,14-15,19,22H,2,11-13,16H2,1H3/t19-,22?/m0/s1. The van der Waals surface area contributed by atoms with Crippen molar-refractivity contribution >= 4 is 16.8 Å². The highest BCUT2D eigenvalue weighted by Crippen LogP contribution is 2.27. The first-order valence-electron chi connectivity index (χ1n) is 10.00. The molecule has 0 N–H and O–H groups in total. The second kappa shape index (κ2) is 8.09. The number of hydrogen-bond acceptors (Lipinski definition) is 2. The number of benzene rings is 2. The summed E-state index contributed by atoms with van der Waals surface area (Å²) in [4.78, 5) is 18.0. The van der Waals surface area contributed by atoms with Gasteiger partial charge in [-0.05, 0) is 42.0 Å². The summed E-state index contributed by atoms with van der Waals surface area (Å²) in [6.45, 7) is 2.73. The lowest BCUT2D eigenvalue weighted by Crippen LogP contribution is -2.45. The van der Waals surface area contributed by atoms with Gasteiger partial charge in [-0.2, -0.15) is 0 Å². The smallest absolute Gasteiger partial charge is 0.222 e. The summed E-state index contributed by atoms with van der Waals surface area (Å²) in [6, 6.07) is 18.6. The van der Waals surface area contributed by atoms with Crippen molar-refractivity contribution in [2.75, 3.05) is 13.1 Å². The van der Waals surface area contributed by atoms with Crippen molar-refractivity contribution in [3.63, 3.8) is 0 Å². The first kappa shape index (κ1) is 18.6. The number of carbonyl (C=O) groups excluding carboxylic acids is 1. The number of piperidine rings is 1. The normalized spacial score (nSPS) is 19.7. The Morgan fingerprint density at radius 2 is 1.93 bits per heavy atom. The van der Waals surface area contributed by atoms with Crippen molar-refractivity contribution in [3.05, 3.63) is 66.4 Å². The van der Waals surface area contributed by atoms with Crippen molar-refractivity contribution in [2.24, 2.45) is 5.92 Å². The van der Waals surface area contributed by atoms with Gasteiger partial charge in [-0.25, -0.2) is 4.39 Å². The summed E-state index contributed by atoms with van der Waals surface area (Å²) in [6.07, 6.45) is 2.83. The molecule has 0 radical (unpaired) electrons. The molecule has 1 amide bonds. The van der Waals surface area contributed by atoms with Crippen LogP contribution in [0.4, 0.5) is 4.39 Å².